The van der Waals surface area contributed by atoms with E-state index >= 15 is 0 Å². The SMILES string of the molecule is COc1ccc(CC(=O)Nc2ccc3c(c2)N(S(C)(=O)=O)CC3)cc1. The van der Waals surface area contributed by atoms with E-state index in [4.69, 9.17) is 4.74 Å². The van der Waals surface area contributed by atoms with E-state index in [1.807, 2.05) is 30.3 Å². The van der Waals surface area contributed by atoms with E-state index in [9.17, 15) is 13.2 Å². The molecule has 7 heteroatoms. The highest BCUT2D eigenvalue weighted by Gasteiger charge is 2.26. The smallest absolute Gasteiger partial charge is 0.232 e. The summed E-state index contributed by atoms with van der Waals surface area (Å²) in [7, 11) is -1.71. The number of fused-ring (bicyclic) bond motifs is 1. The molecule has 3 rings (SSSR count). The summed E-state index contributed by atoms with van der Waals surface area (Å²) in [5.41, 5.74) is 3.08. The summed E-state index contributed by atoms with van der Waals surface area (Å²) in [6.45, 7) is 0.442. The number of benzene rings is 2. The van der Waals surface area contributed by atoms with E-state index in [-0.39, 0.29) is 12.3 Å². The van der Waals surface area contributed by atoms with E-state index in [1.54, 1.807) is 19.2 Å². The summed E-state index contributed by atoms with van der Waals surface area (Å²) in [5, 5.41) is 2.83. The minimum atomic E-state index is -3.31. The van der Waals surface area contributed by atoms with Crippen LogP contribution in [0.1, 0.15) is 11.1 Å². The van der Waals surface area contributed by atoms with Crippen LogP contribution >= 0.6 is 0 Å². The van der Waals surface area contributed by atoms with Crippen molar-refractivity contribution in [3.8, 4) is 5.75 Å². The molecule has 6 nitrogen and oxygen atoms in total. The van der Waals surface area contributed by atoms with Gasteiger partial charge in [0.1, 0.15) is 5.75 Å². The maximum Gasteiger partial charge on any atom is 0.232 e. The van der Waals surface area contributed by atoms with Crippen LogP contribution in [0.2, 0.25) is 0 Å². The lowest BCUT2D eigenvalue weighted by Gasteiger charge is -2.17. The zero-order valence-corrected chi connectivity index (χ0v) is 15.0. The van der Waals surface area contributed by atoms with Crippen molar-refractivity contribution in [2.75, 3.05) is 29.5 Å². The Morgan fingerprint density at radius 2 is 1.92 bits per heavy atom. The Hall–Kier alpha value is -2.54. The summed E-state index contributed by atoms with van der Waals surface area (Å²) in [4.78, 5) is 12.2. The van der Waals surface area contributed by atoms with Crippen molar-refractivity contribution in [3.63, 3.8) is 0 Å². The molecule has 0 unspecified atom stereocenters. The standard InChI is InChI=1S/C18H20N2O4S/c1-24-16-7-3-13(4-8-16)11-18(21)19-15-6-5-14-9-10-20(17(14)12-15)25(2,22)23/h3-8,12H,9-11H2,1-2H3,(H,19,21). The minimum Gasteiger partial charge on any atom is -0.497 e. The monoisotopic (exact) mass is 360 g/mol. The van der Waals surface area contributed by atoms with Crippen LogP contribution in [0.15, 0.2) is 42.5 Å². The number of rotatable bonds is 5. The summed E-state index contributed by atoms with van der Waals surface area (Å²) in [5.74, 6) is 0.581. The van der Waals surface area contributed by atoms with Gasteiger partial charge in [-0.3, -0.25) is 9.10 Å². The van der Waals surface area contributed by atoms with Crippen LogP contribution < -0.4 is 14.4 Å². The van der Waals surface area contributed by atoms with Crippen molar-refractivity contribution in [1.29, 1.82) is 0 Å². The van der Waals surface area contributed by atoms with Gasteiger partial charge in [0.2, 0.25) is 15.9 Å². The van der Waals surface area contributed by atoms with Crippen molar-refractivity contribution in [1.82, 2.24) is 0 Å². The van der Waals surface area contributed by atoms with Crippen LogP contribution in [0.4, 0.5) is 11.4 Å². The number of ether oxygens (including phenoxy) is 1. The van der Waals surface area contributed by atoms with Gasteiger partial charge in [-0.25, -0.2) is 8.42 Å². The largest absolute Gasteiger partial charge is 0.497 e. The van der Waals surface area contributed by atoms with Gasteiger partial charge in [0.05, 0.1) is 25.5 Å². The van der Waals surface area contributed by atoms with Gasteiger partial charge in [-0.15, -0.1) is 0 Å². The lowest BCUT2D eigenvalue weighted by Crippen LogP contribution is -2.27. The number of anilines is 2. The van der Waals surface area contributed by atoms with Crippen LogP contribution in [0.25, 0.3) is 0 Å². The summed E-state index contributed by atoms with van der Waals surface area (Å²) in [6.07, 6.45) is 2.11. The Bertz CT molecular complexity index is 892. The molecule has 2 aromatic rings. The van der Waals surface area contributed by atoms with Gasteiger partial charge < -0.3 is 10.1 Å². The average molecular weight is 360 g/mol. The number of nitrogens with zero attached hydrogens (tertiary/aromatic N) is 1. The van der Waals surface area contributed by atoms with Gasteiger partial charge in [-0.2, -0.15) is 0 Å². The molecule has 132 valence electrons. The topological polar surface area (TPSA) is 75.7 Å². The number of hydrogen-bond acceptors (Lipinski definition) is 4. The highest BCUT2D eigenvalue weighted by molar-refractivity contribution is 7.92. The number of sulfonamides is 1. The van der Waals surface area contributed by atoms with Crippen molar-refractivity contribution in [2.45, 2.75) is 12.8 Å². The molecular formula is C18H20N2O4S. The molecule has 0 radical (unpaired) electrons. The molecule has 25 heavy (non-hydrogen) atoms. The highest BCUT2D eigenvalue weighted by Crippen LogP contribution is 2.32. The lowest BCUT2D eigenvalue weighted by atomic mass is 10.1. The molecule has 1 aliphatic heterocycles. The average Bonchev–Trinajstić information content (AvgIpc) is 2.99. The van der Waals surface area contributed by atoms with E-state index in [0.29, 0.717) is 24.3 Å². The Kier molecular flexibility index (Phi) is 4.67. The second-order valence-corrected chi connectivity index (χ2v) is 7.91. The van der Waals surface area contributed by atoms with Crippen molar-refractivity contribution < 1.29 is 17.9 Å². The van der Waals surface area contributed by atoms with Crippen LogP contribution in [0.3, 0.4) is 0 Å². The number of hydrogen-bond donors (Lipinski definition) is 1. The first-order chi connectivity index (χ1) is 11.9. The van der Waals surface area contributed by atoms with E-state index in [0.717, 1.165) is 16.9 Å². The van der Waals surface area contributed by atoms with Crippen molar-refractivity contribution >= 4 is 27.3 Å². The second kappa shape index (κ2) is 6.76. The molecule has 0 saturated carbocycles. The van der Waals surface area contributed by atoms with Gasteiger partial charge in [0.15, 0.2) is 0 Å². The number of carbonyl (C=O) groups excluding carboxylic acids is 1. The molecule has 1 N–H and O–H groups in total. The fourth-order valence-corrected chi connectivity index (χ4v) is 3.86. The first-order valence-corrected chi connectivity index (χ1v) is 9.75. The summed E-state index contributed by atoms with van der Waals surface area (Å²) in [6, 6.07) is 12.7. The molecule has 0 aromatic heterocycles. The van der Waals surface area contributed by atoms with Gasteiger partial charge in [0.25, 0.3) is 0 Å². The highest BCUT2D eigenvalue weighted by atomic mass is 32.2. The molecule has 0 atom stereocenters. The Labute approximate surface area is 147 Å². The number of amides is 1. The number of carbonyl (C=O) groups is 1. The molecule has 0 spiro atoms. The Morgan fingerprint density at radius 1 is 1.20 bits per heavy atom. The number of nitrogens with one attached hydrogen (secondary N) is 1. The van der Waals surface area contributed by atoms with Crippen molar-refractivity contribution in [3.05, 3.63) is 53.6 Å². The van der Waals surface area contributed by atoms with Crippen LogP contribution in [0.5, 0.6) is 5.75 Å². The molecule has 2 aromatic carbocycles. The number of methoxy groups -OCH3 is 1. The molecule has 1 heterocycles. The third kappa shape index (κ3) is 3.93. The fourth-order valence-electron chi connectivity index (χ4n) is 2.91. The van der Waals surface area contributed by atoms with E-state index in [1.165, 1.54) is 10.6 Å². The summed E-state index contributed by atoms with van der Waals surface area (Å²) < 4.78 is 30.2. The molecule has 1 aliphatic rings. The first-order valence-electron chi connectivity index (χ1n) is 7.90. The quantitative estimate of drug-likeness (QED) is 0.887. The maximum atomic E-state index is 12.2. The zero-order chi connectivity index (χ0) is 18.0. The van der Waals surface area contributed by atoms with Crippen LogP contribution in [0, 0.1) is 0 Å². The third-order valence-electron chi connectivity index (χ3n) is 4.15. The predicted molar refractivity (Wildman–Crippen MR) is 97.7 cm³/mol. The van der Waals surface area contributed by atoms with E-state index < -0.39 is 10.0 Å². The van der Waals surface area contributed by atoms with Gasteiger partial charge in [-0.1, -0.05) is 18.2 Å². The molecule has 0 bridgehead atoms. The maximum absolute atomic E-state index is 12.2. The van der Waals surface area contributed by atoms with Gasteiger partial charge in [0, 0.05) is 12.2 Å². The van der Waals surface area contributed by atoms with Crippen LogP contribution in [-0.4, -0.2) is 34.2 Å². The predicted octanol–water partition coefficient (Wildman–Crippen LogP) is 2.20. The third-order valence-corrected chi connectivity index (χ3v) is 5.33. The normalized spacial score (nSPS) is 13.4. The van der Waals surface area contributed by atoms with Gasteiger partial charge >= 0.3 is 0 Å². The van der Waals surface area contributed by atoms with E-state index in [2.05, 4.69) is 5.32 Å². The second-order valence-electron chi connectivity index (χ2n) is 6.00. The molecule has 0 fully saturated rings. The van der Waals surface area contributed by atoms with Gasteiger partial charge in [-0.05, 0) is 41.8 Å². The van der Waals surface area contributed by atoms with Crippen molar-refractivity contribution in [2.24, 2.45) is 0 Å². The Balaban J connectivity index is 1.72. The Morgan fingerprint density at radius 3 is 2.56 bits per heavy atom. The molecule has 0 aliphatic carbocycles. The molecule has 0 saturated heterocycles. The fraction of sp³-hybridized carbons (Fsp3) is 0.278. The first kappa shape index (κ1) is 17.3. The minimum absolute atomic E-state index is 0.158. The lowest BCUT2D eigenvalue weighted by molar-refractivity contribution is -0.115. The molecular weight excluding hydrogens is 340 g/mol. The molecule has 1 amide bonds. The zero-order valence-electron chi connectivity index (χ0n) is 14.2. The van der Waals surface area contributed by atoms with Crippen LogP contribution in [-0.2, 0) is 27.7 Å². The summed E-state index contributed by atoms with van der Waals surface area (Å²) >= 11 is 0.